The van der Waals surface area contributed by atoms with Crippen LogP contribution < -0.4 is 9.47 Å². The van der Waals surface area contributed by atoms with Crippen LogP contribution >= 0.6 is 0 Å². The number of aromatic nitrogens is 1. The van der Waals surface area contributed by atoms with Crippen molar-refractivity contribution in [2.75, 3.05) is 14.2 Å². The highest BCUT2D eigenvalue weighted by Crippen LogP contribution is 2.37. The number of ether oxygens (including phenoxy) is 2. The summed E-state index contributed by atoms with van der Waals surface area (Å²) in [6.07, 6.45) is 0. The summed E-state index contributed by atoms with van der Waals surface area (Å²) in [4.78, 5) is 4.40. The molecule has 0 atom stereocenters. The van der Waals surface area contributed by atoms with E-state index in [1.54, 1.807) is 14.2 Å². The van der Waals surface area contributed by atoms with Gasteiger partial charge in [-0.3, -0.25) is 0 Å². The SMILES string of the molecule is COc1ccc(CO[Si](C)(C)C(C)(C)C)nc1OC. The largest absolute Gasteiger partial charge is 0.491 e. The Kier molecular flexibility index (Phi) is 4.98. The third-order valence-electron chi connectivity index (χ3n) is 3.68. The van der Waals surface area contributed by atoms with Gasteiger partial charge >= 0.3 is 0 Å². The van der Waals surface area contributed by atoms with Crippen LogP contribution in [0.15, 0.2) is 12.1 Å². The van der Waals surface area contributed by atoms with Crippen LogP contribution in [0.25, 0.3) is 0 Å². The lowest BCUT2D eigenvalue weighted by Gasteiger charge is -2.36. The minimum atomic E-state index is -1.75. The highest BCUT2D eigenvalue weighted by Gasteiger charge is 2.37. The van der Waals surface area contributed by atoms with Crippen molar-refractivity contribution in [2.24, 2.45) is 0 Å². The average Bonchev–Trinajstić information content (AvgIpc) is 2.34. The summed E-state index contributed by atoms with van der Waals surface area (Å²) in [5.74, 6) is 1.14. The molecule has 0 bridgehead atoms. The molecule has 19 heavy (non-hydrogen) atoms. The topological polar surface area (TPSA) is 40.6 Å². The summed E-state index contributed by atoms with van der Waals surface area (Å²) in [5.41, 5.74) is 0.863. The van der Waals surface area contributed by atoms with E-state index in [2.05, 4.69) is 38.8 Å². The Bertz CT molecular complexity index is 427. The fourth-order valence-electron chi connectivity index (χ4n) is 1.32. The first-order valence-corrected chi connectivity index (χ1v) is 9.34. The molecule has 4 nitrogen and oxygen atoms in total. The van der Waals surface area contributed by atoms with Crippen molar-refractivity contribution in [3.8, 4) is 11.6 Å². The van der Waals surface area contributed by atoms with E-state index in [0.717, 1.165) is 5.69 Å². The van der Waals surface area contributed by atoms with Crippen molar-refractivity contribution in [3.63, 3.8) is 0 Å². The fraction of sp³-hybridized carbons (Fsp3) is 0.643. The quantitative estimate of drug-likeness (QED) is 0.774. The van der Waals surface area contributed by atoms with Gasteiger partial charge in [0.2, 0.25) is 0 Å². The molecule has 0 saturated heterocycles. The Morgan fingerprint density at radius 2 is 1.74 bits per heavy atom. The fourth-order valence-corrected chi connectivity index (χ4v) is 2.26. The Morgan fingerprint density at radius 1 is 1.11 bits per heavy atom. The van der Waals surface area contributed by atoms with Gasteiger partial charge < -0.3 is 13.9 Å². The molecule has 0 N–H and O–H groups in total. The van der Waals surface area contributed by atoms with E-state index in [-0.39, 0.29) is 5.04 Å². The highest BCUT2D eigenvalue weighted by molar-refractivity contribution is 6.74. The van der Waals surface area contributed by atoms with Crippen LogP contribution in [0.3, 0.4) is 0 Å². The molecule has 1 heterocycles. The monoisotopic (exact) mass is 283 g/mol. The van der Waals surface area contributed by atoms with Crippen LogP contribution in [0.5, 0.6) is 11.6 Å². The van der Waals surface area contributed by atoms with Crippen molar-refractivity contribution in [1.29, 1.82) is 0 Å². The summed E-state index contributed by atoms with van der Waals surface area (Å²) in [5, 5.41) is 0.198. The molecule has 0 aromatic carbocycles. The first kappa shape index (κ1) is 16.0. The van der Waals surface area contributed by atoms with Gasteiger partial charge in [0.15, 0.2) is 14.1 Å². The van der Waals surface area contributed by atoms with Gasteiger partial charge in [-0.15, -0.1) is 0 Å². The molecule has 1 rings (SSSR count). The molecule has 1 aromatic heterocycles. The maximum absolute atomic E-state index is 6.13. The van der Waals surface area contributed by atoms with E-state index in [1.807, 2.05) is 12.1 Å². The Balaban J connectivity index is 2.79. The lowest BCUT2D eigenvalue weighted by Crippen LogP contribution is -2.40. The number of hydrogen-bond acceptors (Lipinski definition) is 4. The lowest BCUT2D eigenvalue weighted by atomic mass is 10.2. The van der Waals surface area contributed by atoms with Crippen LogP contribution in [0.4, 0.5) is 0 Å². The zero-order valence-corrected chi connectivity index (χ0v) is 14.0. The number of pyridine rings is 1. The van der Waals surface area contributed by atoms with Gasteiger partial charge in [0.1, 0.15) is 0 Å². The molecule has 1 aromatic rings. The predicted molar refractivity (Wildman–Crippen MR) is 79.3 cm³/mol. The zero-order valence-electron chi connectivity index (χ0n) is 13.0. The normalized spacial score (nSPS) is 12.4. The molecule has 0 aliphatic rings. The molecule has 108 valence electrons. The number of hydrogen-bond donors (Lipinski definition) is 0. The highest BCUT2D eigenvalue weighted by atomic mass is 28.4. The molecule has 0 aliphatic carbocycles. The minimum Gasteiger partial charge on any atom is -0.491 e. The van der Waals surface area contributed by atoms with Crippen LogP contribution in [0, 0.1) is 0 Å². The van der Waals surface area contributed by atoms with E-state index < -0.39 is 8.32 Å². The number of methoxy groups -OCH3 is 2. The number of nitrogens with zero attached hydrogens (tertiary/aromatic N) is 1. The smallest absolute Gasteiger partial charge is 0.257 e. The molecule has 0 fully saturated rings. The Labute approximate surface area is 117 Å². The van der Waals surface area contributed by atoms with Crippen molar-refractivity contribution in [1.82, 2.24) is 4.98 Å². The second-order valence-electron chi connectivity index (χ2n) is 6.06. The van der Waals surface area contributed by atoms with Crippen molar-refractivity contribution in [2.45, 2.75) is 45.5 Å². The minimum absolute atomic E-state index is 0.198. The third-order valence-corrected chi connectivity index (χ3v) is 8.16. The molecule has 5 heteroatoms. The molecule has 0 radical (unpaired) electrons. The van der Waals surface area contributed by atoms with Crippen molar-refractivity contribution < 1.29 is 13.9 Å². The van der Waals surface area contributed by atoms with Crippen LogP contribution in [-0.4, -0.2) is 27.5 Å². The molecule has 0 amide bonds. The van der Waals surface area contributed by atoms with Crippen molar-refractivity contribution >= 4 is 8.32 Å². The lowest BCUT2D eigenvalue weighted by molar-refractivity contribution is 0.268. The van der Waals surface area contributed by atoms with E-state index in [9.17, 15) is 0 Å². The summed E-state index contributed by atoms with van der Waals surface area (Å²) in [6, 6.07) is 3.77. The Morgan fingerprint density at radius 3 is 2.21 bits per heavy atom. The van der Waals surface area contributed by atoms with E-state index in [1.165, 1.54) is 0 Å². The van der Waals surface area contributed by atoms with Gasteiger partial charge in [-0.25, -0.2) is 4.98 Å². The predicted octanol–water partition coefficient (Wildman–Crippen LogP) is 3.62. The second kappa shape index (κ2) is 5.92. The van der Waals surface area contributed by atoms with Gasteiger partial charge in [0.05, 0.1) is 26.5 Å². The first-order chi connectivity index (χ1) is 8.71. The summed E-state index contributed by atoms with van der Waals surface area (Å²) in [7, 11) is 1.44. The zero-order chi connectivity index (χ0) is 14.7. The number of rotatable bonds is 5. The third kappa shape index (κ3) is 3.94. The van der Waals surface area contributed by atoms with E-state index in [4.69, 9.17) is 13.9 Å². The van der Waals surface area contributed by atoms with E-state index >= 15 is 0 Å². The van der Waals surface area contributed by atoms with Crippen LogP contribution in [0.2, 0.25) is 18.1 Å². The first-order valence-electron chi connectivity index (χ1n) is 6.43. The maximum atomic E-state index is 6.13. The standard InChI is InChI=1S/C14H25NO3Si/c1-14(2,3)19(6,7)18-10-11-8-9-12(16-4)13(15-11)17-5/h8-9H,10H2,1-7H3. The second-order valence-corrected chi connectivity index (χ2v) is 10.9. The Hall–Kier alpha value is -1.07. The van der Waals surface area contributed by atoms with Gasteiger partial charge in [-0.05, 0) is 30.3 Å². The maximum Gasteiger partial charge on any atom is 0.257 e. The summed E-state index contributed by atoms with van der Waals surface area (Å²) >= 11 is 0. The molecular weight excluding hydrogens is 258 g/mol. The van der Waals surface area contributed by atoms with Crippen LogP contribution in [-0.2, 0) is 11.0 Å². The van der Waals surface area contributed by atoms with Gasteiger partial charge in [0.25, 0.3) is 5.88 Å². The van der Waals surface area contributed by atoms with Gasteiger partial charge in [0, 0.05) is 0 Å². The summed E-state index contributed by atoms with van der Waals surface area (Å²) < 4.78 is 16.5. The van der Waals surface area contributed by atoms with Gasteiger partial charge in [-0.2, -0.15) is 0 Å². The average molecular weight is 283 g/mol. The molecule has 0 saturated carbocycles. The van der Waals surface area contributed by atoms with Gasteiger partial charge in [-0.1, -0.05) is 20.8 Å². The van der Waals surface area contributed by atoms with E-state index in [0.29, 0.717) is 18.2 Å². The molecule has 0 unspecified atom stereocenters. The van der Waals surface area contributed by atoms with Crippen molar-refractivity contribution in [3.05, 3.63) is 17.8 Å². The molecular formula is C14H25NO3Si. The molecule has 0 aliphatic heterocycles. The van der Waals surface area contributed by atoms with Crippen LogP contribution in [0.1, 0.15) is 26.5 Å². The molecule has 0 spiro atoms. The summed E-state index contributed by atoms with van der Waals surface area (Å²) in [6.45, 7) is 11.6.